The minimum atomic E-state index is -0.156. The fourth-order valence-electron chi connectivity index (χ4n) is 2.36. The van der Waals surface area contributed by atoms with E-state index in [1.165, 1.54) is 6.07 Å². The van der Waals surface area contributed by atoms with E-state index in [4.69, 9.17) is 4.74 Å². The first-order valence-electron chi connectivity index (χ1n) is 5.75. The molecule has 1 aliphatic heterocycles. The number of anilines is 1. The van der Waals surface area contributed by atoms with E-state index in [9.17, 15) is 4.39 Å². The molecular weight excluding hydrogens is 205 g/mol. The van der Waals surface area contributed by atoms with Crippen LogP contribution in [-0.4, -0.2) is 19.3 Å². The van der Waals surface area contributed by atoms with Gasteiger partial charge in [-0.3, -0.25) is 0 Å². The van der Waals surface area contributed by atoms with Gasteiger partial charge in [0.25, 0.3) is 0 Å². The van der Waals surface area contributed by atoms with E-state index in [0.717, 1.165) is 30.5 Å². The molecule has 0 bridgehead atoms. The maximum Gasteiger partial charge on any atom is 0.123 e. The lowest BCUT2D eigenvalue weighted by Crippen LogP contribution is -2.45. The molecule has 1 aromatic carbocycles. The lowest BCUT2D eigenvalue weighted by molar-refractivity contribution is 0.133. The highest BCUT2D eigenvalue weighted by Gasteiger charge is 2.32. The quantitative estimate of drug-likeness (QED) is 0.850. The summed E-state index contributed by atoms with van der Waals surface area (Å²) in [6.45, 7) is 2.85. The van der Waals surface area contributed by atoms with Gasteiger partial charge in [0.1, 0.15) is 5.82 Å². The number of rotatable bonds is 3. The summed E-state index contributed by atoms with van der Waals surface area (Å²) in [5.41, 5.74) is 2.13. The molecule has 1 atom stereocenters. The van der Waals surface area contributed by atoms with E-state index in [-0.39, 0.29) is 11.4 Å². The van der Waals surface area contributed by atoms with Crippen LogP contribution in [0.2, 0.25) is 0 Å². The zero-order valence-corrected chi connectivity index (χ0v) is 9.85. The standard InChI is InChI=1S/C13H18FNO/c1-3-13(9-16-2)7-6-10-8-11(14)4-5-12(10)15-13/h4-5,8,15H,3,6-7,9H2,1-2H3. The third-order valence-electron chi connectivity index (χ3n) is 3.44. The van der Waals surface area contributed by atoms with Gasteiger partial charge in [-0.15, -0.1) is 0 Å². The van der Waals surface area contributed by atoms with Gasteiger partial charge in [-0.2, -0.15) is 0 Å². The van der Waals surface area contributed by atoms with E-state index >= 15 is 0 Å². The molecule has 0 saturated heterocycles. The summed E-state index contributed by atoms with van der Waals surface area (Å²) in [7, 11) is 1.72. The molecule has 2 rings (SSSR count). The highest BCUT2D eigenvalue weighted by molar-refractivity contribution is 5.55. The normalized spacial score (nSPS) is 23.7. The molecule has 0 aromatic heterocycles. The molecule has 3 heteroatoms. The van der Waals surface area contributed by atoms with Crippen molar-refractivity contribution in [2.24, 2.45) is 0 Å². The summed E-state index contributed by atoms with van der Waals surface area (Å²) in [6.07, 6.45) is 2.92. The third kappa shape index (κ3) is 2.05. The molecule has 1 N–H and O–H groups in total. The van der Waals surface area contributed by atoms with Crippen molar-refractivity contribution < 1.29 is 9.13 Å². The van der Waals surface area contributed by atoms with Gasteiger partial charge in [-0.1, -0.05) is 6.92 Å². The van der Waals surface area contributed by atoms with Gasteiger partial charge in [0.05, 0.1) is 12.1 Å². The van der Waals surface area contributed by atoms with Crippen molar-refractivity contribution >= 4 is 5.69 Å². The van der Waals surface area contributed by atoms with Gasteiger partial charge < -0.3 is 10.1 Å². The molecule has 0 aliphatic carbocycles. The summed E-state index contributed by atoms with van der Waals surface area (Å²) in [6, 6.07) is 4.95. The highest BCUT2D eigenvalue weighted by atomic mass is 19.1. The lowest BCUT2D eigenvalue weighted by Gasteiger charge is -2.39. The number of nitrogens with one attached hydrogen (secondary N) is 1. The smallest absolute Gasteiger partial charge is 0.123 e. The van der Waals surface area contributed by atoms with Crippen molar-refractivity contribution in [3.8, 4) is 0 Å². The Morgan fingerprint density at radius 2 is 2.31 bits per heavy atom. The molecular formula is C13H18FNO. The van der Waals surface area contributed by atoms with Gasteiger partial charge in [-0.25, -0.2) is 4.39 Å². The predicted octanol–water partition coefficient (Wildman–Crippen LogP) is 2.98. The van der Waals surface area contributed by atoms with Crippen molar-refractivity contribution in [3.05, 3.63) is 29.6 Å². The first kappa shape index (κ1) is 11.4. The highest BCUT2D eigenvalue weighted by Crippen LogP contribution is 2.33. The number of methoxy groups -OCH3 is 1. The number of hydrogen-bond acceptors (Lipinski definition) is 2. The summed E-state index contributed by atoms with van der Waals surface area (Å²) < 4.78 is 18.3. The Bertz CT molecular complexity index is 380. The second-order valence-corrected chi connectivity index (χ2v) is 4.49. The van der Waals surface area contributed by atoms with Crippen molar-refractivity contribution in [3.63, 3.8) is 0 Å². The van der Waals surface area contributed by atoms with Crippen LogP contribution in [0.5, 0.6) is 0 Å². The molecule has 1 aliphatic rings. The monoisotopic (exact) mass is 223 g/mol. The van der Waals surface area contributed by atoms with Crippen LogP contribution < -0.4 is 5.32 Å². The Morgan fingerprint density at radius 1 is 1.50 bits per heavy atom. The Balaban J connectivity index is 2.25. The number of aryl methyl sites for hydroxylation is 1. The molecule has 2 nitrogen and oxygen atoms in total. The minimum Gasteiger partial charge on any atom is -0.382 e. The number of benzene rings is 1. The van der Waals surface area contributed by atoms with E-state index in [2.05, 4.69) is 12.2 Å². The summed E-state index contributed by atoms with van der Waals surface area (Å²) >= 11 is 0. The third-order valence-corrected chi connectivity index (χ3v) is 3.44. The fourth-order valence-corrected chi connectivity index (χ4v) is 2.36. The van der Waals surface area contributed by atoms with E-state index in [1.807, 2.05) is 6.07 Å². The van der Waals surface area contributed by atoms with Crippen LogP contribution in [0, 0.1) is 5.82 Å². The molecule has 16 heavy (non-hydrogen) atoms. The zero-order valence-electron chi connectivity index (χ0n) is 9.85. The maximum absolute atomic E-state index is 13.1. The van der Waals surface area contributed by atoms with Crippen molar-refractivity contribution in [2.75, 3.05) is 19.0 Å². The SMILES string of the molecule is CCC1(COC)CCc2cc(F)ccc2N1. The Hall–Kier alpha value is -1.09. The van der Waals surface area contributed by atoms with Gasteiger partial charge in [0.15, 0.2) is 0 Å². The molecule has 1 heterocycles. The van der Waals surface area contributed by atoms with Crippen LogP contribution in [0.15, 0.2) is 18.2 Å². The molecule has 0 spiro atoms. The van der Waals surface area contributed by atoms with Gasteiger partial charge in [-0.05, 0) is 43.0 Å². The van der Waals surface area contributed by atoms with Gasteiger partial charge in [0.2, 0.25) is 0 Å². The molecule has 88 valence electrons. The van der Waals surface area contributed by atoms with E-state index < -0.39 is 0 Å². The van der Waals surface area contributed by atoms with Crippen LogP contribution in [0.1, 0.15) is 25.3 Å². The van der Waals surface area contributed by atoms with Crippen LogP contribution in [0.25, 0.3) is 0 Å². The Labute approximate surface area is 95.8 Å². The zero-order chi connectivity index (χ0) is 11.6. The van der Waals surface area contributed by atoms with E-state index in [1.54, 1.807) is 13.2 Å². The Kier molecular flexibility index (Phi) is 3.15. The second-order valence-electron chi connectivity index (χ2n) is 4.49. The van der Waals surface area contributed by atoms with Crippen molar-refractivity contribution in [1.29, 1.82) is 0 Å². The molecule has 0 saturated carbocycles. The summed E-state index contributed by atoms with van der Waals surface area (Å²) in [4.78, 5) is 0. The minimum absolute atomic E-state index is 0.0135. The number of fused-ring (bicyclic) bond motifs is 1. The van der Waals surface area contributed by atoms with Gasteiger partial charge >= 0.3 is 0 Å². The van der Waals surface area contributed by atoms with Crippen LogP contribution in [0.3, 0.4) is 0 Å². The average molecular weight is 223 g/mol. The number of halogens is 1. The predicted molar refractivity (Wildman–Crippen MR) is 63.2 cm³/mol. The lowest BCUT2D eigenvalue weighted by atomic mass is 9.84. The largest absolute Gasteiger partial charge is 0.382 e. The second kappa shape index (κ2) is 4.42. The number of ether oxygens (including phenoxy) is 1. The first-order valence-corrected chi connectivity index (χ1v) is 5.75. The maximum atomic E-state index is 13.1. The Morgan fingerprint density at radius 3 is 3.00 bits per heavy atom. The molecule has 0 radical (unpaired) electrons. The fraction of sp³-hybridized carbons (Fsp3) is 0.538. The molecule has 1 unspecified atom stereocenters. The average Bonchev–Trinajstić information content (AvgIpc) is 2.30. The van der Waals surface area contributed by atoms with Crippen LogP contribution in [0.4, 0.5) is 10.1 Å². The summed E-state index contributed by atoms with van der Waals surface area (Å²) in [5.74, 6) is -0.156. The summed E-state index contributed by atoms with van der Waals surface area (Å²) in [5, 5.41) is 3.50. The van der Waals surface area contributed by atoms with E-state index in [0.29, 0.717) is 6.61 Å². The topological polar surface area (TPSA) is 21.3 Å². The van der Waals surface area contributed by atoms with Crippen LogP contribution >= 0.6 is 0 Å². The molecule has 1 aromatic rings. The first-order chi connectivity index (χ1) is 7.69. The van der Waals surface area contributed by atoms with Gasteiger partial charge in [0, 0.05) is 12.8 Å². The number of hydrogen-bond donors (Lipinski definition) is 1. The molecule has 0 amide bonds. The molecule has 0 fully saturated rings. The van der Waals surface area contributed by atoms with Crippen LogP contribution in [-0.2, 0) is 11.2 Å². The van der Waals surface area contributed by atoms with Crippen molar-refractivity contribution in [2.45, 2.75) is 31.7 Å². The van der Waals surface area contributed by atoms with Crippen molar-refractivity contribution in [1.82, 2.24) is 0 Å².